The van der Waals surface area contributed by atoms with E-state index in [0.29, 0.717) is 34.1 Å². The van der Waals surface area contributed by atoms with Crippen LogP contribution < -0.4 is 29.4 Å². The summed E-state index contributed by atoms with van der Waals surface area (Å²) < 4.78 is 0. The molecule has 0 aliphatic carbocycles. The van der Waals surface area contributed by atoms with Crippen LogP contribution in [0.15, 0.2) is 146 Å². The molecule has 11 rings (SSSR count). The molecule has 5 aliphatic rings. The number of imide groups is 2. The normalized spacial score (nSPS) is 23.9. The molecule has 3 fully saturated rings. The maximum absolute atomic E-state index is 16.6. The number of carbonyl (C=O) groups is 4. The van der Waals surface area contributed by atoms with E-state index in [0.717, 1.165) is 33.4 Å². The second-order valence-electron chi connectivity index (χ2n) is 16.0. The van der Waals surface area contributed by atoms with Crippen molar-refractivity contribution in [1.29, 1.82) is 0 Å². The molecular formula is C48H38N6O4. The Balaban J connectivity index is 1.38. The van der Waals surface area contributed by atoms with E-state index in [-0.39, 0.29) is 0 Å². The van der Waals surface area contributed by atoms with Crippen molar-refractivity contribution in [3.8, 4) is 0 Å². The number of amides is 6. The first-order chi connectivity index (χ1) is 28.1. The molecule has 0 unspecified atom stereocenters. The molecule has 6 aromatic carbocycles. The van der Waals surface area contributed by atoms with E-state index >= 15 is 19.2 Å². The van der Waals surface area contributed by atoms with Crippen LogP contribution >= 0.6 is 0 Å². The van der Waals surface area contributed by atoms with Gasteiger partial charge in [-0.25, -0.2) is 19.4 Å². The molecule has 3 saturated heterocycles. The molecule has 0 radical (unpaired) electrons. The lowest BCUT2D eigenvalue weighted by Gasteiger charge is -2.71. The number of hydrogen-bond donors (Lipinski definition) is 0. The summed E-state index contributed by atoms with van der Waals surface area (Å²) in [4.78, 5) is 74.2. The fraction of sp³-hybridized carbons (Fsp3) is 0.167. The number of para-hydroxylation sites is 2. The van der Waals surface area contributed by atoms with Crippen LogP contribution in [0.1, 0.15) is 45.5 Å². The predicted octanol–water partition coefficient (Wildman–Crippen LogP) is 9.10. The molecule has 0 saturated carbocycles. The van der Waals surface area contributed by atoms with Gasteiger partial charge in [0.1, 0.15) is 0 Å². The quantitative estimate of drug-likeness (QED) is 0.167. The maximum Gasteiger partial charge on any atom is 0.338 e. The molecule has 58 heavy (non-hydrogen) atoms. The van der Waals surface area contributed by atoms with Crippen molar-refractivity contribution in [2.24, 2.45) is 0 Å². The minimum Gasteiger partial charge on any atom is -0.327 e. The lowest BCUT2D eigenvalue weighted by molar-refractivity contribution is -0.134. The Kier molecular flexibility index (Phi) is 6.86. The Hall–Kier alpha value is -7.20. The molecular weight excluding hydrogens is 725 g/mol. The fourth-order valence-corrected chi connectivity index (χ4v) is 10.3. The highest BCUT2D eigenvalue weighted by Crippen LogP contribution is 2.70. The van der Waals surface area contributed by atoms with Gasteiger partial charge in [-0.15, -0.1) is 0 Å². The summed E-state index contributed by atoms with van der Waals surface area (Å²) >= 11 is 0. The van der Waals surface area contributed by atoms with E-state index in [1.165, 1.54) is 19.6 Å². The van der Waals surface area contributed by atoms with Gasteiger partial charge in [0, 0.05) is 22.5 Å². The van der Waals surface area contributed by atoms with Gasteiger partial charge in [-0.05, 0) is 88.4 Å². The van der Waals surface area contributed by atoms with Crippen molar-refractivity contribution < 1.29 is 19.2 Å². The van der Waals surface area contributed by atoms with Gasteiger partial charge in [0.2, 0.25) is 0 Å². The van der Waals surface area contributed by atoms with E-state index in [1.54, 1.807) is 48.5 Å². The molecule has 5 aliphatic heterocycles. The number of anilines is 6. The third kappa shape index (κ3) is 3.96. The zero-order valence-electron chi connectivity index (χ0n) is 32.3. The molecule has 2 spiro atoms. The number of aryl methyl sites for hydroxylation is 4. The van der Waals surface area contributed by atoms with E-state index < -0.39 is 47.3 Å². The van der Waals surface area contributed by atoms with Crippen LogP contribution in [0.3, 0.4) is 0 Å². The minimum atomic E-state index is -2.21. The number of nitrogens with zero attached hydrogens (tertiary/aromatic N) is 6. The van der Waals surface area contributed by atoms with Crippen molar-refractivity contribution in [2.75, 3.05) is 29.4 Å². The van der Waals surface area contributed by atoms with Crippen LogP contribution in [-0.2, 0) is 9.59 Å². The number of piperazine rings is 1. The van der Waals surface area contributed by atoms with Gasteiger partial charge in [0.15, 0.2) is 0 Å². The summed E-state index contributed by atoms with van der Waals surface area (Å²) in [6.45, 7) is 8.03. The van der Waals surface area contributed by atoms with E-state index in [2.05, 4.69) is 12.1 Å². The van der Waals surface area contributed by atoms with Crippen LogP contribution in [0, 0.1) is 27.7 Å². The Bertz CT molecular complexity index is 2570. The van der Waals surface area contributed by atoms with E-state index in [9.17, 15) is 0 Å². The average molecular weight is 763 g/mol. The highest BCUT2D eigenvalue weighted by atomic mass is 16.2. The molecule has 0 aromatic heterocycles. The molecule has 6 amide bonds. The summed E-state index contributed by atoms with van der Waals surface area (Å²) in [5.41, 5.74) is 4.17. The topological polar surface area (TPSA) is 87.7 Å². The Morgan fingerprint density at radius 2 is 0.741 bits per heavy atom. The van der Waals surface area contributed by atoms with Gasteiger partial charge in [-0.3, -0.25) is 19.4 Å². The average Bonchev–Trinajstić information content (AvgIpc) is 3.60. The Labute approximate surface area is 335 Å². The SMILES string of the molecule is Cc1ccc(N2[C@H]3c4cc(C)ccc4N4C(=O)N(c5ccccc5)C(=O)[C@@]42[C@]24C(=O)N(c5ccccc5)C(=O)N2c2ccc(C)cc2[C@@H]3N4c2ccc(C)cc2)cc1. The summed E-state index contributed by atoms with van der Waals surface area (Å²) in [7, 11) is 0. The summed E-state index contributed by atoms with van der Waals surface area (Å²) in [5, 5.41) is 0. The van der Waals surface area contributed by atoms with Crippen molar-refractivity contribution >= 4 is 58.0 Å². The molecule has 10 nitrogen and oxygen atoms in total. The van der Waals surface area contributed by atoms with Crippen LogP contribution in [-0.4, -0.2) is 35.2 Å². The van der Waals surface area contributed by atoms with Crippen LogP contribution in [0.4, 0.5) is 43.7 Å². The maximum atomic E-state index is 16.6. The number of rotatable bonds is 4. The van der Waals surface area contributed by atoms with Crippen LogP contribution in [0.5, 0.6) is 0 Å². The lowest BCUT2D eigenvalue weighted by Crippen LogP contribution is -2.92. The first-order valence-electron chi connectivity index (χ1n) is 19.5. The van der Waals surface area contributed by atoms with Crippen molar-refractivity contribution in [2.45, 2.75) is 51.1 Å². The van der Waals surface area contributed by atoms with Gasteiger partial charge in [-0.2, -0.15) is 0 Å². The van der Waals surface area contributed by atoms with Crippen LogP contribution in [0.25, 0.3) is 0 Å². The van der Waals surface area contributed by atoms with E-state index in [1.807, 2.05) is 122 Å². The van der Waals surface area contributed by atoms with Crippen molar-refractivity contribution in [3.63, 3.8) is 0 Å². The Morgan fingerprint density at radius 1 is 0.397 bits per heavy atom. The van der Waals surface area contributed by atoms with Crippen molar-refractivity contribution in [3.05, 3.63) is 179 Å². The first kappa shape index (κ1) is 34.1. The lowest BCUT2D eigenvalue weighted by atomic mass is 9.68. The molecule has 6 aromatic rings. The Morgan fingerprint density at radius 3 is 1.10 bits per heavy atom. The molecule has 4 atom stereocenters. The molecule has 284 valence electrons. The number of benzene rings is 6. The third-order valence-corrected chi connectivity index (χ3v) is 12.6. The number of carbonyl (C=O) groups excluding carboxylic acids is 4. The second kappa shape index (κ2) is 11.7. The van der Waals surface area contributed by atoms with Crippen LogP contribution in [0.2, 0.25) is 0 Å². The highest BCUT2D eigenvalue weighted by Gasteiger charge is 2.89. The fourth-order valence-electron chi connectivity index (χ4n) is 10.3. The number of fused-ring (bicyclic) bond motifs is 9. The smallest absolute Gasteiger partial charge is 0.327 e. The van der Waals surface area contributed by atoms with Gasteiger partial charge >= 0.3 is 12.1 Å². The van der Waals surface area contributed by atoms with E-state index in [4.69, 9.17) is 0 Å². The summed E-state index contributed by atoms with van der Waals surface area (Å²) in [5.74, 6) is -1.29. The van der Waals surface area contributed by atoms with Gasteiger partial charge in [0.25, 0.3) is 23.1 Å². The monoisotopic (exact) mass is 762 g/mol. The summed E-state index contributed by atoms with van der Waals surface area (Å²) in [6, 6.07) is 42.7. The standard InChI is InChI=1S/C48H38N6O4/c1-29-15-21-35(22-16-29)51-41-37-27-31(3)19-25-39(37)53-45(57)49(33-11-7-5-8-12-33)43(55)47(51,53)48-44(56)50(34-13-9-6-10-14-34)46(58)54(48)40-26-20-32(4)28-38(40)42(41)52(48)36-23-17-30(2)18-24-36/h5-28,41-42H,1-4H3/t41-,42-,47-,48-/m0/s1. The third-order valence-electron chi connectivity index (χ3n) is 12.6. The zero-order chi connectivity index (χ0) is 39.8. The minimum absolute atomic E-state index is 0.353. The van der Waals surface area contributed by atoms with Crippen molar-refractivity contribution in [1.82, 2.24) is 0 Å². The number of urea groups is 2. The highest BCUT2D eigenvalue weighted by molar-refractivity contribution is 6.41. The second-order valence-corrected chi connectivity index (χ2v) is 16.0. The van der Waals surface area contributed by atoms with Gasteiger partial charge in [0.05, 0.1) is 34.8 Å². The molecule has 0 N–H and O–H groups in total. The largest absolute Gasteiger partial charge is 0.338 e. The van der Waals surface area contributed by atoms with Gasteiger partial charge < -0.3 is 9.80 Å². The molecule has 5 heterocycles. The first-order valence-corrected chi connectivity index (χ1v) is 19.5. The predicted molar refractivity (Wildman–Crippen MR) is 224 cm³/mol. The van der Waals surface area contributed by atoms with Gasteiger partial charge in [-0.1, -0.05) is 107 Å². The number of hydrogen-bond acceptors (Lipinski definition) is 6. The zero-order valence-corrected chi connectivity index (χ0v) is 32.3. The molecule has 4 bridgehead atoms. The summed E-state index contributed by atoms with van der Waals surface area (Å²) in [6.07, 6.45) is 0. The molecule has 10 heteroatoms.